The Bertz CT molecular complexity index is 813. The molecule has 0 spiro atoms. The molecule has 2 unspecified atom stereocenters. The highest BCUT2D eigenvalue weighted by Crippen LogP contribution is 2.52. The van der Waals surface area contributed by atoms with Gasteiger partial charge in [0.1, 0.15) is 5.41 Å². The molecule has 134 valence electrons. The lowest BCUT2D eigenvalue weighted by Crippen LogP contribution is -2.55. The molecule has 0 fully saturated rings. The molecule has 4 heteroatoms. The number of carboxylic acids is 2. The van der Waals surface area contributed by atoms with Gasteiger partial charge in [0.05, 0.1) is 5.41 Å². The van der Waals surface area contributed by atoms with Crippen LogP contribution in [-0.4, -0.2) is 22.2 Å². The predicted octanol–water partition coefficient (Wildman–Crippen LogP) is 3.96. The molecule has 2 atom stereocenters. The fraction of sp³-hybridized carbons (Fsp3) is 0.273. The van der Waals surface area contributed by atoms with E-state index in [2.05, 4.69) is 0 Å². The summed E-state index contributed by atoms with van der Waals surface area (Å²) in [6.45, 7) is 0. The molecule has 2 aromatic carbocycles. The van der Waals surface area contributed by atoms with Crippen LogP contribution in [0.15, 0.2) is 72.8 Å². The zero-order valence-corrected chi connectivity index (χ0v) is 14.5. The van der Waals surface area contributed by atoms with E-state index in [1.54, 1.807) is 6.08 Å². The number of rotatable bonds is 6. The monoisotopic (exact) mass is 350 g/mol. The first-order valence-corrected chi connectivity index (χ1v) is 8.72. The predicted molar refractivity (Wildman–Crippen MR) is 98.8 cm³/mol. The van der Waals surface area contributed by atoms with Gasteiger partial charge in [-0.1, -0.05) is 72.8 Å². The van der Waals surface area contributed by atoms with Gasteiger partial charge < -0.3 is 10.2 Å². The second-order valence-corrected chi connectivity index (χ2v) is 6.93. The van der Waals surface area contributed by atoms with E-state index in [1.807, 2.05) is 66.7 Å². The molecule has 4 nitrogen and oxygen atoms in total. The Balaban J connectivity index is 2.14. The van der Waals surface area contributed by atoms with E-state index < -0.39 is 22.8 Å². The second-order valence-electron chi connectivity index (χ2n) is 6.93. The molecule has 0 bridgehead atoms. The highest BCUT2D eigenvalue weighted by atomic mass is 16.4. The van der Waals surface area contributed by atoms with Gasteiger partial charge in [-0.3, -0.25) is 9.59 Å². The third kappa shape index (κ3) is 3.03. The molecule has 1 aliphatic rings. The Morgan fingerprint density at radius 3 is 1.85 bits per heavy atom. The van der Waals surface area contributed by atoms with Gasteiger partial charge >= 0.3 is 11.9 Å². The molecular formula is C22H22O4. The van der Waals surface area contributed by atoms with Crippen molar-refractivity contribution in [1.29, 1.82) is 0 Å². The zero-order chi connectivity index (χ0) is 18.6. The minimum absolute atomic E-state index is 0.152. The zero-order valence-electron chi connectivity index (χ0n) is 14.5. The molecule has 0 amide bonds. The number of hydrogen-bond acceptors (Lipinski definition) is 2. The maximum absolute atomic E-state index is 12.5. The van der Waals surface area contributed by atoms with E-state index in [0.29, 0.717) is 12.8 Å². The summed E-state index contributed by atoms with van der Waals surface area (Å²) in [6.07, 6.45) is 4.62. The van der Waals surface area contributed by atoms with E-state index in [9.17, 15) is 19.8 Å². The van der Waals surface area contributed by atoms with Gasteiger partial charge in [-0.25, -0.2) is 0 Å². The van der Waals surface area contributed by atoms with Gasteiger partial charge in [0.25, 0.3) is 0 Å². The lowest BCUT2D eigenvalue weighted by Gasteiger charge is -2.46. The Hall–Kier alpha value is -2.88. The van der Waals surface area contributed by atoms with Crippen LogP contribution in [0.25, 0.3) is 0 Å². The van der Waals surface area contributed by atoms with Gasteiger partial charge in [0.15, 0.2) is 0 Å². The third-order valence-electron chi connectivity index (χ3n) is 5.46. The summed E-state index contributed by atoms with van der Waals surface area (Å²) in [4.78, 5) is 25.0. The van der Waals surface area contributed by atoms with E-state index in [-0.39, 0.29) is 12.8 Å². The van der Waals surface area contributed by atoms with Gasteiger partial charge in [0.2, 0.25) is 0 Å². The SMILES string of the molecule is O=C(O)C1(Cc2ccccc2)C=CCCC1(Cc1ccccc1)C(=O)O. The topological polar surface area (TPSA) is 74.6 Å². The number of aliphatic carboxylic acids is 2. The molecule has 3 rings (SSSR count). The Kier molecular flexibility index (Phi) is 4.94. The van der Waals surface area contributed by atoms with Crippen molar-refractivity contribution in [3.63, 3.8) is 0 Å². The van der Waals surface area contributed by atoms with Gasteiger partial charge in [-0.2, -0.15) is 0 Å². The molecule has 0 saturated heterocycles. The molecular weight excluding hydrogens is 328 g/mol. The molecule has 0 aliphatic heterocycles. The Labute approximate surface area is 152 Å². The highest BCUT2D eigenvalue weighted by Gasteiger charge is 2.60. The number of allylic oxidation sites excluding steroid dienone is 1. The lowest BCUT2D eigenvalue weighted by atomic mass is 9.54. The summed E-state index contributed by atoms with van der Waals surface area (Å²) < 4.78 is 0. The van der Waals surface area contributed by atoms with E-state index in [1.165, 1.54) is 0 Å². The largest absolute Gasteiger partial charge is 0.481 e. The second kappa shape index (κ2) is 7.16. The fourth-order valence-corrected chi connectivity index (χ4v) is 4.06. The lowest BCUT2D eigenvalue weighted by molar-refractivity contribution is -0.171. The van der Waals surface area contributed by atoms with Crippen LogP contribution < -0.4 is 0 Å². The van der Waals surface area contributed by atoms with Crippen LogP contribution in [0.2, 0.25) is 0 Å². The quantitative estimate of drug-likeness (QED) is 0.773. The van der Waals surface area contributed by atoms with E-state index in [4.69, 9.17) is 0 Å². The summed E-state index contributed by atoms with van der Waals surface area (Å²) >= 11 is 0. The van der Waals surface area contributed by atoms with Gasteiger partial charge in [0, 0.05) is 0 Å². The van der Waals surface area contributed by atoms with Crippen LogP contribution in [0.1, 0.15) is 24.0 Å². The van der Waals surface area contributed by atoms with Crippen molar-refractivity contribution >= 4 is 11.9 Å². The third-order valence-corrected chi connectivity index (χ3v) is 5.46. The van der Waals surface area contributed by atoms with E-state index >= 15 is 0 Å². The fourth-order valence-electron chi connectivity index (χ4n) is 4.06. The Morgan fingerprint density at radius 2 is 1.35 bits per heavy atom. The van der Waals surface area contributed by atoms with Crippen molar-refractivity contribution in [2.45, 2.75) is 25.7 Å². The smallest absolute Gasteiger partial charge is 0.315 e. The molecule has 2 N–H and O–H groups in total. The standard InChI is InChI=1S/C22H22O4/c23-19(24)21(15-17-9-3-1-4-10-17)13-7-8-14-22(21,20(25)26)16-18-11-5-2-6-12-18/h1-7,9-13H,8,14-16H2,(H,23,24)(H,25,26). The number of carbonyl (C=O) groups is 2. The van der Waals surface area contributed by atoms with Crippen molar-refractivity contribution in [2.24, 2.45) is 10.8 Å². The average molecular weight is 350 g/mol. The van der Waals surface area contributed by atoms with Crippen LogP contribution >= 0.6 is 0 Å². The summed E-state index contributed by atoms with van der Waals surface area (Å²) in [6, 6.07) is 18.5. The van der Waals surface area contributed by atoms with E-state index in [0.717, 1.165) is 11.1 Å². The number of benzene rings is 2. The first kappa shape index (κ1) is 17.9. The van der Waals surface area contributed by atoms with Crippen LogP contribution in [0.4, 0.5) is 0 Å². The van der Waals surface area contributed by atoms with Crippen LogP contribution in [0.5, 0.6) is 0 Å². The summed E-state index contributed by atoms with van der Waals surface area (Å²) in [5.41, 5.74) is -1.23. The minimum Gasteiger partial charge on any atom is -0.481 e. The number of carboxylic acid groups (broad SMARTS) is 2. The summed E-state index contributed by atoms with van der Waals surface area (Å²) in [5, 5.41) is 20.4. The molecule has 0 saturated carbocycles. The average Bonchev–Trinajstić information content (AvgIpc) is 2.64. The maximum atomic E-state index is 12.5. The maximum Gasteiger partial charge on any atom is 0.315 e. The highest BCUT2D eigenvalue weighted by molar-refractivity contribution is 5.89. The molecule has 2 aromatic rings. The molecule has 0 radical (unpaired) electrons. The molecule has 26 heavy (non-hydrogen) atoms. The summed E-state index contributed by atoms with van der Waals surface area (Å²) in [7, 11) is 0. The number of hydrogen-bond donors (Lipinski definition) is 2. The van der Waals surface area contributed by atoms with Crippen molar-refractivity contribution in [1.82, 2.24) is 0 Å². The van der Waals surface area contributed by atoms with Crippen molar-refractivity contribution in [3.8, 4) is 0 Å². The minimum atomic E-state index is -1.49. The van der Waals surface area contributed by atoms with Crippen molar-refractivity contribution in [2.75, 3.05) is 0 Å². The van der Waals surface area contributed by atoms with Crippen molar-refractivity contribution < 1.29 is 19.8 Å². The first-order valence-electron chi connectivity index (χ1n) is 8.72. The van der Waals surface area contributed by atoms with Crippen LogP contribution in [-0.2, 0) is 22.4 Å². The first-order chi connectivity index (χ1) is 12.5. The molecule has 1 aliphatic carbocycles. The Morgan fingerprint density at radius 1 is 0.808 bits per heavy atom. The van der Waals surface area contributed by atoms with Gasteiger partial charge in [-0.05, 0) is 36.8 Å². The van der Waals surface area contributed by atoms with Crippen LogP contribution in [0.3, 0.4) is 0 Å². The molecule has 0 heterocycles. The van der Waals surface area contributed by atoms with Crippen LogP contribution in [0, 0.1) is 10.8 Å². The van der Waals surface area contributed by atoms with Crippen molar-refractivity contribution in [3.05, 3.63) is 83.9 Å². The summed E-state index contributed by atoms with van der Waals surface area (Å²) in [5.74, 6) is -2.14. The van der Waals surface area contributed by atoms with Gasteiger partial charge in [-0.15, -0.1) is 0 Å². The molecule has 0 aromatic heterocycles. The normalized spacial score (nSPS) is 24.9.